The number of benzene rings is 2. The van der Waals surface area contributed by atoms with Crippen molar-refractivity contribution in [2.24, 2.45) is 0 Å². The maximum Gasteiger partial charge on any atom is 0.254 e. The zero-order valence-corrected chi connectivity index (χ0v) is 18.6. The van der Waals surface area contributed by atoms with E-state index in [1.165, 1.54) is 0 Å². The first-order valence-corrected chi connectivity index (χ1v) is 11.6. The summed E-state index contributed by atoms with van der Waals surface area (Å²) in [6.07, 6.45) is 3.77. The lowest BCUT2D eigenvalue weighted by Gasteiger charge is -2.37. The van der Waals surface area contributed by atoms with Crippen LogP contribution in [0.1, 0.15) is 28.8 Å². The van der Waals surface area contributed by atoms with Gasteiger partial charge in [-0.15, -0.1) is 0 Å². The minimum absolute atomic E-state index is 0.000471. The molecule has 0 saturated carbocycles. The van der Waals surface area contributed by atoms with Crippen molar-refractivity contribution in [3.63, 3.8) is 0 Å². The Labute approximate surface area is 193 Å². The van der Waals surface area contributed by atoms with Gasteiger partial charge >= 0.3 is 0 Å². The highest BCUT2D eigenvalue weighted by atomic mass is 16.2. The number of amides is 3. The van der Waals surface area contributed by atoms with Crippen LogP contribution in [0.25, 0.3) is 10.9 Å². The van der Waals surface area contributed by atoms with Crippen LogP contribution in [0.4, 0.5) is 0 Å². The van der Waals surface area contributed by atoms with Crippen LogP contribution in [0.15, 0.2) is 60.8 Å². The van der Waals surface area contributed by atoms with Gasteiger partial charge in [-0.1, -0.05) is 36.4 Å². The molecule has 1 aromatic heterocycles. The number of carbonyl (C=O) groups is 3. The summed E-state index contributed by atoms with van der Waals surface area (Å²) in [5.41, 5.74) is 2.64. The number of rotatable bonds is 4. The molecule has 2 fully saturated rings. The van der Waals surface area contributed by atoms with E-state index in [-0.39, 0.29) is 17.7 Å². The Balaban J connectivity index is 1.18. The second-order valence-electron chi connectivity index (χ2n) is 8.76. The lowest BCUT2D eigenvalue weighted by Crippen LogP contribution is -2.55. The summed E-state index contributed by atoms with van der Waals surface area (Å²) in [6.45, 7) is 2.65. The Bertz CT molecular complexity index is 1160. The number of hydrogen-bond acceptors (Lipinski definition) is 3. The minimum Gasteiger partial charge on any atom is -0.361 e. The van der Waals surface area contributed by atoms with Gasteiger partial charge in [0.15, 0.2) is 0 Å². The first-order valence-electron chi connectivity index (χ1n) is 11.6. The van der Waals surface area contributed by atoms with Crippen LogP contribution in [0.2, 0.25) is 0 Å². The van der Waals surface area contributed by atoms with E-state index in [0.29, 0.717) is 51.1 Å². The maximum absolute atomic E-state index is 13.3. The molecule has 5 rings (SSSR count). The zero-order chi connectivity index (χ0) is 22.8. The third kappa shape index (κ3) is 4.23. The molecule has 33 heavy (non-hydrogen) atoms. The predicted molar refractivity (Wildman–Crippen MR) is 126 cm³/mol. The summed E-state index contributed by atoms with van der Waals surface area (Å²) >= 11 is 0. The van der Waals surface area contributed by atoms with Crippen LogP contribution in [-0.4, -0.2) is 76.2 Å². The van der Waals surface area contributed by atoms with Gasteiger partial charge in [0.1, 0.15) is 6.04 Å². The normalized spacial score (nSPS) is 18.7. The van der Waals surface area contributed by atoms with Crippen LogP contribution < -0.4 is 0 Å². The minimum atomic E-state index is -0.411. The number of aromatic amines is 1. The van der Waals surface area contributed by atoms with Crippen molar-refractivity contribution in [3.05, 3.63) is 71.9 Å². The molecule has 170 valence electrons. The van der Waals surface area contributed by atoms with Crippen LogP contribution in [0, 0.1) is 0 Å². The average molecular weight is 445 g/mol. The summed E-state index contributed by atoms with van der Waals surface area (Å²) in [7, 11) is 0. The number of aromatic nitrogens is 1. The molecule has 3 amide bonds. The molecular weight excluding hydrogens is 416 g/mol. The number of carbonyl (C=O) groups excluding carboxylic acids is 3. The number of para-hydroxylation sites is 1. The molecule has 1 atom stereocenters. The largest absolute Gasteiger partial charge is 0.361 e. The SMILES string of the molecule is O=C(Cc1c[nH]c2ccccc12)N1CCN(C(=O)C2CCCN2C(=O)c2ccccc2)CC1. The molecule has 1 N–H and O–H groups in total. The average Bonchev–Trinajstić information content (AvgIpc) is 3.51. The Kier molecular flexibility index (Phi) is 5.86. The van der Waals surface area contributed by atoms with Gasteiger partial charge in [0.2, 0.25) is 11.8 Å². The fraction of sp³-hybridized carbons (Fsp3) is 0.346. The first-order chi connectivity index (χ1) is 16.1. The van der Waals surface area contributed by atoms with Gasteiger partial charge in [0, 0.05) is 55.4 Å². The van der Waals surface area contributed by atoms with Gasteiger partial charge < -0.3 is 19.7 Å². The van der Waals surface area contributed by atoms with Gasteiger partial charge in [0.05, 0.1) is 6.42 Å². The highest BCUT2D eigenvalue weighted by Crippen LogP contribution is 2.23. The predicted octanol–water partition coefficient (Wildman–Crippen LogP) is 2.69. The second kappa shape index (κ2) is 9.10. The smallest absolute Gasteiger partial charge is 0.254 e. The molecule has 2 saturated heterocycles. The summed E-state index contributed by atoms with van der Waals surface area (Å²) in [5, 5.41) is 1.07. The molecule has 7 heteroatoms. The molecule has 2 aliphatic rings. The standard InChI is InChI=1S/C26H28N4O3/c31-24(17-20-18-27-22-10-5-4-9-21(20)22)28-13-15-29(16-14-28)26(33)23-11-6-12-30(23)25(32)19-7-2-1-3-8-19/h1-5,7-10,18,23,27H,6,11-17H2. The van der Waals surface area contributed by atoms with E-state index in [2.05, 4.69) is 4.98 Å². The topological polar surface area (TPSA) is 76.7 Å². The Morgan fingerprint density at radius 3 is 2.33 bits per heavy atom. The monoisotopic (exact) mass is 444 g/mol. The molecule has 3 heterocycles. The molecule has 2 aromatic carbocycles. The number of fused-ring (bicyclic) bond motifs is 1. The van der Waals surface area contributed by atoms with Crippen LogP contribution in [0.5, 0.6) is 0 Å². The Morgan fingerprint density at radius 1 is 0.848 bits per heavy atom. The molecule has 7 nitrogen and oxygen atoms in total. The summed E-state index contributed by atoms with van der Waals surface area (Å²) in [5.74, 6) is -0.00639. The zero-order valence-electron chi connectivity index (χ0n) is 18.6. The second-order valence-corrected chi connectivity index (χ2v) is 8.76. The van der Waals surface area contributed by atoms with E-state index >= 15 is 0 Å². The number of H-pyrrole nitrogens is 1. The maximum atomic E-state index is 13.3. The van der Waals surface area contributed by atoms with Crippen LogP contribution in [0.3, 0.4) is 0 Å². The summed E-state index contributed by atoms with van der Waals surface area (Å²) in [6, 6.07) is 16.7. The van der Waals surface area contributed by atoms with E-state index in [1.807, 2.05) is 58.5 Å². The van der Waals surface area contributed by atoms with Gasteiger partial charge in [-0.25, -0.2) is 0 Å². The van der Waals surface area contributed by atoms with E-state index in [9.17, 15) is 14.4 Å². The molecule has 1 unspecified atom stereocenters. The van der Waals surface area contributed by atoms with Crippen molar-refractivity contribution in [1.29, 1.82) is 0 Å². The van der Waals surface area contributed by atoms with Crippen molar-refractivity contribution >= 4 is 28.6 Å². The number of nitrogens with zero attached hydrogens (tertiary/aromatic N) is 3. The van der Waals surface area contributed by atoms with E-state index in [1.54, 1.807) is 17.0 Å². The van der Waals surface area contributed by atoms with Crippen LogP contribution in [-0.2, 0) is 16.0 Å². The number of nitrogens with one attached hydrogen (secondary N) is 1. The molecule has 0 bridgehead atoms. The van der Waals surface area contributed by atoms with E-state index in [0.717, 1.165) is 22.9 Å². The quantitative estimate of drug-likeness (QED) is 0.672. The lowest BCUT2D eigenvalue weighted by molar-refractivity contribution is -0.141. The van der Waals surface area contributed by atoms with Crippen LogP contribution >= 0.6 is 0 Å². The van der Waals surface area contributed by atoms with E-state index < -0.39 is 6.04 Å². The highest BCUT2D eigenvalue weighted by molar-refractivity contribution is 5.98. The fourth-order valence-electron chi connectivity index (χ4n) is 4.95. The van der Waals surface area contributed by atoms with Crippen molar-refractivity contribution in [3.8, 4) is 0 Å². The fourth-order valence-corrected chi connectivity index (χ4v) is 4.95. The molecule has 0 radical (unpaired) electrons. The Hall–Kier alpha value is -3.61. The highest BCUT2D eigenvalue weighted by Gasteiger charge is 2.38. The summed E-state index contributed by atoms with van der Waals surface area (Å²) in [4.78, 5) is 47.7. The van der Waals surface area contributed by atoms with Crippen molar-refractivity contribution in [1.82, 2.24) is 19.7 Å². The third-order valence-electron chi connectivity index (χ3n) is 6.78. The van der Waals surface area contributed by atoms with Gasteiger partial charge in [-0.3, -0.25) is 14.4 Å². The molecule has 3 aromatic rings. The number of piperazine rings is 1. The van der Waals surface area contributed by atoms with Gasteiger partial charge in [-0.05, 0) is 36.6 Å². The Morgan fingerprint density at radius 2 is 1.55 bits per heavy atom. The van der Waals surface area contributed by atoms with Gasteiger partial charge in [0.25, 0.3) is 5.91 Å². The first kappa shape index (κ1) is 21.2. The van der Waals surface area contributed by atoms with E-state index in [4.69, 9.17) is 0 Å². The number of hydrogen-bond donors (Lipinski definition) is 1. The molecule has 0 spiro atoms. The molecular formula is C26H28N4O3. The summed E-state index contributed by atoms with van der Waals surface area (Å²) < 4.78 is 0. The third-order valence-corrected chi connectivity index (χ3v) is 6.78. The number of likely N-dealkylation sites (tertiary alicyclic amines) is 1. The van der Waals surface area contributed by atoms with Gasteiger partial charge in [-0.2, -0.15) is 0 Å². The van der Waals surface area contributed by atoms with Crippen molar-refractivity contribution < 1.29 is 14.4 Å². The van der Waals surface area contributed by atoms with Crippen molar-refractivity contribution in [2.45, 2.75) is 25.3 Å². The lowest BCUT2D eigenvalue weighted by atomic mass is 10.1. The molecule has 2 aliphatic heterocycles. The molecule has 0 aliphatic carbocycles. The van der Waals surface area contributed by atoms with Crippen molar-refractivity contribution in [2.75, 3.05) is 32.7 Å².